The number of aromatic nitrogens is 1. The Morgan fingerprint density at radius 2 is 1.78 bits per heavy atom. The van der Waals surface area contributed by atoms with Gasteiger partial charge < -0.3 is 4.98 Å². The van der Waals surface area contributed by atoms with Gasteiger partial charge in [0.1, 0.15) is 10.6 Å². The first-order chi connectivity index (χ1) is 11.1. The Kier molecular flexibility index (Phi) is 4.59. The fourth-order valence-corrected chi connectivity index (χ4v) is 3.22. The molecular formula is C16H12BrN3O2S. The van der Waals surface area contributed by atoms with Gasteiger partial charge in [-0.2, -0.15) is 0 Å². The zero-order chi connectivity index (χ0) is 16.2. The monoisotopic (exact) mass is 389 g/mol. The second-order valence-electron chi connectivity index (χ2n) is 4.67. The molecule has 116 valence electrons. The van der Waals surface area contributed by atoms with Crippen molar-refractivity contribution in [2.75, 3.05) is 0 Å². The van der Waals surface area contributed by atoms with Gasteiger partial charge in [-0.3, -0.25) is 20.4 Å². The predicted molar refractivity (Wildman–Crippen MR) is 93.2 cm³/mol. The first-order valence-corrected chi connectivity index (χ1v) is 8.40. The maximum atomic E-state index is 12.3. The van der Waals surface area contributed by atoms with Crippen LogP contribution in [0.15, 0.2) is 58.5 Å². The van der Waals surface area contributed by atoms with E-state index in [1.54, 1.807) is 12.3 Å². The molecule has 7 heteroatoms. The zero-order valence-electron chi connectivity index (χ0n) is 11.8. The summed E-state index contributed by atoms with van der Waals surface area (Å²) in [5.74, 6) is -0.764. The van der Waals surface area contributed by atoms with Crippen molar-refractivity contribution in [3.05, 3.63) is 69.1 Å². The number of hydrogen-bond donors (Lipinski definition) is 3. The highest BCUT2D eigenvalue weighted by atomic mass is 79.9. The number of thiophene rings is 1. The second-order valence-corrected chi connectivity index (χ2v) is 6.50. The van der Waals surface area contributed by atoms with E-state index in [1.807, 2.05) is 41.8 Å². The van der Waals surface area contributed by atoms with Crippen LogP contribution < -0.4 is 10.9 Å². The average Bonchev–Trinajstić information content (AvgIpc) is 3.22. The number of carbonyl (C=O) groups is 2. The summed E-state index contributed by atoms with van der Waals surface area (Å²) in [5, 5.41) is 1.85. The molecule has 2 amide bonds. The van der Waals surface area contributed by atoms with Gasteiger partial charge in [0.2, 0.25) is 0 Å². The molecule has 0 aliphatic rings. The molecule has 3 N–H and O–H groups in total. The van der Waals surface area contributed by atoms with E-state index in [1.165, 1.54) is 11.3 Å². The molecule has 0 saturated carbocycles. The maximum absolute atomic E-state index is 12.3. The molecule has 0 spiro atoms. The Labute approximate surface area is 144 Å². The minimum Gasteiger partial charge on any atom is -0.356 e. The molecule has 5 nitrogen and oxygen atoms in total. The fourth-order valence-electron chi connectivity index (χ4n) is 2.07. The summed E-state index contributed by atoms with van der Waals surface area (Å²) in [7, 11) is 0. The summed E-state index contributed by atoms with van der Waals surface area (Å²) in [4.78, 5) is 27.6. The number of rotatable bonds is 3. The van der Waals surface area contributed by atoms with E-state index in [0.717, 1.165) is 15.6 Å². The highest BCUT2D eigenvalue weighted by molar-refractivity contribution is 9.10. The van der Waals surface area contributed by atoms with Gasteiger partial charge in [0, 0.05) is 16.2 Å². The average molecular weight is 390 g/mol. The van der Waals surface area contributed by atoms with Crippen molar-refractivity contribution in [3.8, 4) is 11.1 Å². The van der Waals surface area contributed by atoms with Crippen LogP contribution in [0.4, 0.5) is 0 Å². The van der Waals surface area contributed by atoms with Crippen molar-refractivity contribution in [1.29, 1.82) is 0 Å². The summed E-state index contributed by atoms with van der Waals surface area (Å²) < 4.78 is 0.763. The number of hydrogen-bond acceptors (Lipinski definition) is 3. The summed E-state index contributed by atoms with van der Waals surface area (Å²) in [6, 6.07) is 13.1. The van der Waals surface area contributed by atoms with E-state index in [-0.39, 0.29) is 5.91 Å². The topological polar surface area (TPSA) is 74.0 Å². The number of benzene rings is 1. The molecule has 2 aromatic heterocycles. The van der Waals surface area contributed by atoms with Gasteiger partial charge in [0.25, 0.3) is 11.8 Å². The van der Waals surface area contributed by atoms with Crippen molar-refractivity contribution >= 4 is 39.1 Å². The van der Waals surface area contributed by atoms with Crippen LogP contribution in [-0.2, 0) is 0 Å². The number of H-pyrrole nitrogens is 1. The van der Waals surface area contributed by atoms with Gasteiger partial charge in [-0.15, -0.1) is 11.3 Å². The number of amides is 2. The summed E-state index contributed by atoms with van der Waals surface area (Å²) in [6.45, 7) is 0. The van der Waals surface area contributed by atoms with Crippen molar-refractivity contribution in [3.63, 3.8) is 0 Å². The molecule has 3 rings (SSSR count). The smallest absolute Gasteiger partial charge is 0.286 e. The van der Waals surface area contributed by atoms with Gasteiger partial charge in [-0.1, -0.05) is 30.3 Å². The standard InChI is InChI=1S/C16H12BrN3O2S/c17-11-8-13(18-9-11)15(21)19-20-16(22)14-12(6-7-23-14)10-4-2-1-3-5-10/h1-9,18H,(H,19,21)(H,20,22). The number of hydrazine groups is 1. The van der Waals surface area contributed by atoms with Crippen LogP contribution >= 0.6 is 27.3 Å². The molecule has 0 unspecified atom stereocenters. The number of nitrogens with one attached hydrogen (secondary N) is 3. The van der Waals surface area contributed by atoms with Crippen LogP contribution in [-0.4, -0.2) is 16.8 Å². The van der Waals surface area contributed by atoms with Gasteiger partial charge >= 0.3 is 0 Å². The molecule has 3 aromatic rings. The van der Waals surface area contributed by atoms with E-state index >= 15 is 0 Å². The Balaban J connectivity index is 1.70. The minimum atomic E-state index is -0.415. The Bertz CT molecular complexity index is 842. The molecule has 0 saturated heterocycles. The molecule has 23 heavy (non-hydrogen) atoms. The van der Waals surface area contributed by atoms with Gasteiger partial charge in [0.05, 0.1) is 0 Å². The van der Waals surface area contributed by atoms with Crippen LogP contribution in [0.2, 0.25) is 0 Å². The minimum absolute atomic E-state index is 0.349. The third-order valence-corrected chi connectivity index (χ3v) is 4.51. The maximum Gasteiger partial charge on any atom is 0.286 e. The molecule has 0 aliphatic carbocycles. The number of halogens is 1. The third-order valence-electron chi connectivity index (χ3n) is 3.14. The molecular weight excluding hydrogens is 378 g/mol. The van der Waals surface area contributed by atoms with Crippen molar-refractivity contribution in [1.82, 2.24) is 15.8 Å². The van der Waals surface area contributed by atoms with Gasteiger partial charge in [-0.25, -0.2) is 0 Å². The molecule has 1 aromatic carbocycles. The molecule has 0 aliphatic heterocycles. The first-order valence-electron chi connectivity index (χ1n) is 6.72. The lowest BCUT2D eigenvalue weighted by atomic mass is 10.1. The molecule has 0 radical (unpaired) electrons. The Morgan fingerprint density at radius 1 is 1.04 bits per heavy atom. The van der Waals surface area contributed by atoms with E-state index in [9.17, 15) is 9.59 Å². The van der Waals surface area contributed by atoms with Gasteiger partial charge in [-0.05, 0) is 39.0 Å². The van der Waals surface area contributed by atoms with E-state index in [2.05, 4.69) is 31.8 Å². The summed E-state index contributed by atoms with van der Waals surface area (Å²) in [5.41, 5.74) is 6.98. The normalized spacial score (nSPS) is 10.3. The van der Waals surface area contributed by atoms with Crippen molar-refractivity contribution in [2.45, 2.75) is 0 Å². The lowest BCUT2D eigenvalue weighted by molar-refractivity contribution is 0.0846. The quantitative estimate of drug-likeness (QED) is 0.598. The number of aromatic amines is 1. The first kappa shape index (κ1) is 15.5. The molecule has 0 atom stereocenters. The highest BCUT2D eigenvalue weighted by Gasteiger charge is 2.16. The van der Waals surface area contributed by atoms with Crippen LogP contribution in [0.1, 0.15) is 20.2 Å². The van der Waals surface area contributed by atoms with E-state index < -0.39 is 5.91 Å². The van der Waals surface area contributed by atoms with Crippen LogP contribution in [0, 0.1) is 0 Å². The van der Waals surface area contributed by atoms with E-state index in [0.29, 0.717) is 10.6 Å². The lowest BCUT2D eigenvalue weighted by Crippen LogP contribution is -2.41. The summed E-state index contributed by atoms with van der Waals surface area (Å²) in [6.07, 6.45) is 1.64. The second kappa shape index (κ2) is 6.80. The lowest BCUT2D eigenvalue weighted by Gasteiger charge is -2.07. The van der Waals surface area contributed by atoms with Crippen molar-refractivity contribution in [2.24, 2.45) is 0 Å². The van der Waals surface area contributed by atoms with E-state index in [4.69, 9.17) is 0 Å². The SMILES string of the molecule is O=C(NNC(=O)c1sccc1-c1ccccc1)c1cc(Br)c[nH]1. The molecule has 0 bridgehead atoms. The Hall–Kier alpha value is -2.38. The summed E-state index contributed by atoms with van der Waals surface area (Å²) >= 11 is 4.58. The van der Waals surface area contributed by atoms with Crippen molar-refractivity contribution < 1.29 is 9.59 Å². The number of carbonyl (C=O) groups excluding carboxylic acids is 2. The zero-order valence-corrected chi connectivity index (χ0v) is 14.2. The fraction of sp³-hybridized carbons (Fsp3) is 0. The van der Waals surface area contributed by atoms with Crippen LogP contribution in [0.25, 0.3) is 11.1 Å². The van der Waals surface area contributed by atoms with Crippen LogP contribution in [0.3, 0.4) is 0 Å². The third kappa shape index (κ3) is 3.52. The van der Waals surface area contributed by atoms with Crippen LogP contribution in [0.5, 0.6) is 0 Å². The molecule has 0 fully saturated rings. The molecule has 2 heterocycles. The van der Waals surface area contributed by atoms with Gasteiger partial charge in [0.15, 0.2) is 0 Å². The largest absolute Gasteiger partial charge is 0.356 e. The predicted octanol–water partition coefficient (Wildman–Crippen LogP) is 3.58. The highest BCUT2D eigenvalue weighted by Crippen LogP contribution is 2.27. The Morgan fingerprint density at radius 3 is 2.48 bits per heavy atom.